The van der Waals surface area contributed by atoms with Crippen molar-refractivity contribution in [2.24, 2.45) is 0 Å². The van der Waals surface area contributed by atoms with Crippen molar-refractivity contribution in [3.63, 3.8) is 0 Å². The number of aliphatic hydroxyl groups excluding tert-OH is 1. The van der Waals surface area contributed by atoms with E-state index in [-0.39, 0.29) is 19.2 Å². The predicted octanol–water partition coefficient (Wildman–Crippen LogP) is 3.61. The van der Waals surface area contributed by atoms with E-state index in [2.05, 4.69) is 41.8 Å². The van der Waals surface area contributed by atoms with Crippen LogP contribution in [0, 0.1) is 0 Å². The minimum absolute atomic E-state index is 0.0218. The summed E-state index contributed by atoms with van der Waals surface area (Å²) in [6.07, 6.45) is 1.52. The highest BCUT2D eigenvalue weighted by molar-refractivity contribution is 9.10. The second-order valence-electron chi connectivity index (χ2n) is 9.81. The van der Waals surface area contributed by atoms with E-state index in [1.54, 1.807) is 26.4 Å². The number of nitrogens with zero attached hydrogens (tertiary/aromatic N) is 2. The molecule has 2 saturated heterocycles. The lowest BCUT2D eigenvalue weighted by Crippen LogP contribution is -2.34. The van der Waals surface area contributed by atoms with Crippen LogP contribution in [0.25, 0.3) is 0 Å². The molecule has 4 rings (SSSR count). The molecule has 13 heteroatoms. The maximum Gasteiger partial charge on any atom is 0.302 e. The first-order chi connectivity index (χ1) is 19.8. The molecule has 2 fully saturated rings. The fourth-order valence-corrected chi connectivity index (χ4v) is 5.23. The number of carbonyl (C=O) groups is 1. The third-order valence-electron chi connectivity index (χ3n) is 6.80. The van der Waals surface area contributed by atoms with Crippen molar-refractivity contribution in [3.05, 3.63) is 44.9 Å². The van der Waals surface area contributed by atoms with E-state index >= 15 is 0 Å². The van der Waals surface area contributed by atoms with Crippen LogP contribution in [0.1, 0.15) is 31.2 Å². The van der Waals surface area contributed by atoms with Gasteiger partial charge in [-0.05, 0) is 44.7 Å². The lowest BCUT2D eigenvalue weighted by Gasteiger charge is -2.26. The molecule has 0 bridgehead atoms. The number of hydrogen-bond donors (Lipinski definition) is 1. The number of aliphatic hydroxyl groups is 1. The highest BCUT2D eigenvalue weighted by Gasteiger charge is 2.40. The molecule has 0 spiro atoms. The standard InChI is InChI=1S/C15H20BrNO5.C13H18BrNO4/c1-11(18)22-10-15(3-4-20-9-15)13-7-12(8-14(16)17-13)21-6-5-19-2;1-17-4-5-19-10-6-11(15-12(14)7-10)13(8-16)2-3-18-9-13/h7-8H,3-6,9-10H2,1-2H3;6-7,16H,2-5,8-9H2,1H3/t;13-/m.1/s1. The Bertz CT molecular complexity index is 1110. The van der Waals surface area contributed by atoms with Crippen molar-refractivity contribution < 1.29 is 43.1 Å². The van der Waals surface area contributed by atoms with E-state index in [0.717, 1.165) is 24.2 Å². The Morgan fingerprint density at radius 2 is 1.34 bits per heavy atom. The lowest BCUT2D eigenvalue weighted by atomic mass is 9.84. The maximum atomic E-state index is 11.2. The van der Waals surface area contributed by atoms with Crippen LogP contribution in [-0.4, -0.2) is 101 Å². The van der Waals surface area contributed by atoms with E-state index in [4.69, 9.17) is 33.2 Å². The van der Waals surface area contributed by atoms with Crippen molar-refractivity contribution >= 4 is 37.8 Å². The van der Waals surface area contributed by atoms with Crippen molar-refractivity contribution in [2.45, 2.75) is 30.6 Å². The van der Waals surface area contributed by atoms with Gasteiger partial charge in [0.25, 0.3) is 0 Å². The van der Waals surface area contributed by atoms with E-state index in [0.29, 0.717) is 73.6 Å². The fraction of sp³-hybridized carbons (Fsp3) is 0.607. The number of carbonyl (C=O) groups excluding carboxylic acids is 1. The third-order valence-corrected chi connectivity index (χ3v) is 7.61. The van der Waals surface area contributed by atoms with E-state index in [9.17, 15) is 9.90 Å². The first-order valence-electron chi connectivity index (χ1n) is 13.3. The van der Waals surface area contributed by atoms with Crippen LogP contribution < -0.4 is 9.47 Å². The van der Waals surface area contributed by atoms with Crippen LogP contribution in [-0.2, 0) is 39.3 Å². The zero-order valence-electron chi connectivity index (χ0n) is 23.7. The lowest BCUT2D eigenvalue weighted by molar-refractivity contribution is -0.143. The molecule has 2 aliphatic rings. The molecule has 1 unspecified atom stereocenters. The Morgan fingerprint density at radius 1 is 0.854 bits per heavy atom. The number of methoxy groups -OCH3 is 2. The minimum atomic E-state index is -0.422. The van der Waals surface area contributed by atoms with E-state index in [1.807, 2.05) is 12.1 Å². The van der Waals surface area contributed by atoms with Gasteiger partial charge in [0.2, 0.25) is 0 Å². The van der Waals surface area contributed by atoms with Crippen molar-refractivity contribution in [3.8, 4) is 11.5 Å². The molecule has 2 atom stereocenters. The second kappa shape index (κ2) is 16.7. The van der Waals surface area contributed by atoms with Crippen LogP contribution in [0.4, 0.5) is 0 Å². The van der Waals surface area contributed by atoms with Crippen molar-refractivity contribution in [1.82, 2.24) is 9.97 Å². The van der Waals surface area contributed by atoms with Gasteiger partial charge in [-0.3, -0.25) is 4.79 Å². The maximum absolute atomic E-state index is 11.2. The molecule has 0 radical (unpaired) electrons. The number of pyridine rings is 2. The summed E-state index contributed by atoms with van der Waals surface area (Å²) in [5.41, 5.74) is 0.764. The summed E-state index contributed by atoms with van der Waals surface area (Å²) in [7, 11) is 3.26. The smallest absolute Gasteiger partial charge is 0.302 e. The molecule has 4 heterocycles. The number of hydrogen-bond acceptors (Lipinski definition) is 11. The number of rotatable bonds is 13. The summed E-state index contributed by atoms with van der Waals surface area (Å²) >= 11 is 6.78. The number of esters is 1. The Hall–Kier alpha value is -1.87. The summed E-state index contributed by atoms with van der Waals surface area (Å²) in [5.74, 6) is 1.11. The van der Waals surface area contributed by atoms with Crippen molar-refractivity contribution in [1.29, 1.82) is 0 Å². The fourth-order valence-electron chi connectivity index (χ4n) is 4.39. The monoisotopic (exact) mass is 704 g/mol. The molecule has 11 nitrogen and oxygen atoms in total. The normalized spacial score (nSPS) is 21.7. The minimum Gasteiger partial charge on any atom is -0.491 e. The predicted molar refractivity (Wildman–Crippen MR) is 157 cm³/mol. The van der Waals surface area contributed by atoms with E-state index < -0.39 is 10.8 Å². The van der Waals surface area contributed by atoms with Crippen LogP contribution >= 0.6 is 31.9 Å². The number of halogens is 2. The molecule has 228 valence electrons. The molecular formula is C28H38Br2N2O9. The van der Waals surface area contributed by atoms with Gasteiger partial charge in [0.1, 0.15) is 40.5 Å². The van der Waals surface area contributed by atoms with Crippen LogP contribution in [0.3, 0.4) is 0 Å². The van der Waals surface area contributed by atoms with Gasteiger partial charge in [-0.1, -0.05) is 0 Å². The average Bonchev–Trinajstić information content (AvgIpc) is 3.64. The average molecular weight is 706 g/mol. The topological polar surface area (TPSA) is 128 Å². The third kappa shape index (κ3) is 9.84. The Kier molecular flexibility index (Phi) is 13.7. The van der Waals surface area contributed by atoms with Gasteiger partial charge < -0.3 is 38.3 Å². The number of aromatic nitrogens is 2. The molecule has 41 heavy (non-hydrogen) atoms. The molecule has 2 aromatic heterocycles. The molecule has 2 aliphatic heterocycles. The second-order valence-corrected chi connectivity index (χ2v) is 11.4. The molecule has 2 aromatic rings. The zero-order valence-corrected chi connectivity index (χ0v) is 26.8. The summed E-state index contributed by atoms with van der Waals surface area (Å²) in [4.78, 5) is 20.1. The first kappa shape index (κ1) is 33.6. The summed E-state index contributed by atoms with van der Waals surface area (Å²) in [6, 6.07) is 7.35. The van der Waals surface area contributed by atoms with Gasteiger partial charge in [0.15, 0.2) is 0 Å². The molecule has 1 N–H and O–H groups in total. The van der Waals surface area contributed by atoms with Crippen LogP contribution in [0.2, 0.25) is 0 Å². The Balaban J connectivity index is 0.000000228. The summed E-state index contributed by atoms with van der Waals surface area (Å²) < 4.78 is 38.7. The highest BCUT2D eigenvalue weighted by atomic mass is 79.9. The SMILES string of the molecule is COCCOc1cc(Br)nc(C2(COC(C)=O)CCOC2)c1.COCCOc1cc(Br)nc([C@@]2(CO)CCOC2)c1. The molecule has 0 saturated carbocycles. The number of ether oxygens (including phenoxy) is 7. The molecule has 0 aliphatic carbocycles. The van der Waals surface area contributed by atoms with Gasteiger partial charge in [-0.2, -0.15) is 0 Å². The molecule has 0 aromatic carbocycles. The van der Waals surface area contributed by atoms with Gasteiger partial charge in [0.05, 0.1) is 55.3 Å². The Labute approximate surface area is 257 Å². The first-order valence-corrected chi connectivity index (χ1v) is 14.8. The molecule has 0 amide bonds. The van der Waals surface area contributed by atoms with Gasteiger partial charge in [-0.25, -0.2) is 9.97 Å². The quantitative estimate of drug-likeness (QED) is 0.187. The van der Waals surface area contributed by atoms with Crippen LogP contribution in [0.5, 0.6) is 11.5 Å². The summed E-state index contributed by atoms with van der Waals surface area (Å²) in [6.45, 7) is 5.89. The largest absolute Gasteiger partial charge is 0.491 e. The van der Waals surface area contributed by atoms with Gasteiger partial charge in [0, 0.05) is 58.6 Å². The van der Waals surface area contributed by atoms with Gasteiger partial charge >= 0.3 is 5.97 Å². The van der Waals surface area contributed by atoms with Crippen molar-refractivity contribution in [2.75, 3.05) is 80.3 Å². The summed E-state index contributed by atoms with van der Waals surface area (Å²) in [5, 5.41) is 9.67. The van der Waals surface area contributed by atoms with E-state index in [1.165, 1.54) is 6.92 Å². The van der Waals surface area contributed by atoms with Gasteiger partial charge in [-0.15, -0.1) is 0 Å². The van der Waals surface area contributed by atoms with Crippen LogP contribution in [0.15, 0.2) is 33.5 Å². The molecular weight excluding hydrogens is 668 g/mol. The zero-order chi connectivity index (χ0) is 29.7. The highest BCUT2D eigenvalue weighted by Crippen LogP contribution is 2.36. The Morgan fingerprint density at radius 3 is 1.76 bits per heavy atom.